The molecule has 1 aliphatic heterocycles. The molecule has 1 unspecified atom stereocenters. The number of fused-ring (bicyclic) bond motifs is 1. The van der Waals surface area contributed by atoms with Crippen LogP contribution in [0.5, 0.6) is 11.5 Å². The Hall–Kier alpha value is -4.07. The molecule has 0 aliphatic carbocycles. The third kappa shape index (κ3) is 4.26. The van der Waals surface area contributed by atoms with Crippen LogP contribution in [-0.2, 0) is 24.9 Å². The van der Waals surface area contributed by atoms with Gasteiger partial charge in [-0.05, 0) is 26.0 Å². The van der Waals surface area contributed by atoms with Crippen LogP contribution in [0.3, 0.4) is 0 Å². The minimum absolute atomic E-state index is 0.145. The lowest BCUT2D eigenvalue weighted by atomic mass is 10.1. The topological polar surface area (TPSA) is 85.3 Å². The number of carbonyl (C=O) groups excluding carboxylic acids is 1. The van der Waals surface area contributed by atoms with E-state index in [2.05, 4.69) is 15.1 Å². The number of aromatic amines is 1. The number of carbonyl (C=O) groups is 1. The quantitative estimate of drug-likeness (QED) is 0.476. The molecule has 5 rings (SSSR count). The van der Waals surface area contributed by atoms with E-state index in [4.69, 9.17) is 9.47 Å². The van der Waals surface area contributed by atoms with E-state index in [9.17, 15) is 4.79 Å². The lowest BCUT2D eigenvalue weighted by molar-refractivity contribution is -0.142. The average molecular weight is 458 g/mol. The van der Waals surface area contributed by atoms with Crippen molar-refractivity contribution in [3.63, 3.8) is 0 Å². The first-order chi connectivity index (χ1) is 16.5. The standard InChI is InChI=1S/C26H27N5O3/c1-17-21(18(2)30(3)29-17)15-31(14-20-13-27-25(28-20)19-9-5-4-6-10-19)26(32)24-16-33-22-11-7-8-12-23(22)34-24/h4-13,24H,14-16H2,1-3H3,(H,27,28). The molecule has 4 aromatic rings. The lowest BCUT2D eigenvalue weighted by Crippen LogP contribution is -2.46. The number of amides is 1. The minimum Gasteiger partial charge on any atom is -0.485 e. The Morgan fingerprint density at radius 3 is 2.56 bits per heavy atom. The fourth-order valence-electron chi connectivity index (χ4n) is 4.18. The van der Waals surface area contributed by atoms with E-state index in [-0.39, 0.29) is 12.5 Å². The van der Waals surface area contributed by atoms with Crippen LogP contribution in [0.15, 0.2) is 60.8 Å². The van der Waals surface area contributed by atoms with Crippen molar-refractivity contribution in [1.82, 2.24) is 24.6 Å². The maximum absolute atomic E-state index is 13.7. The van der Waals surface area contributed by atoms with Gasteiger partial charge in [-0.2, -0.15) is 5.10 Å². The van der Waals surface area contributed by atoms with E-state index in [1.165, 1.54) is 0 Å². The average Bonchev–Trinajstić information content (AvgIpc) is 3.43. The SMILES string of the molecule is Cc1nn(C)c(C)c1CN(Cc1cnc(-c2ccccc2)[nH]1)C(=O)C1COc2ccccc2O1. The van der Waals surface area contributed by atoms with Crippen LogP contribution in [0.1, 0.15) is 22.6 Å². The molecular weight excluding hydrogens is 430 g/mol. The molecule has 0 fully saturated rings. The summed E-state index contributed by atoms with van der Waals surface area (Å²) in [4.78, 5) is 23.3. The number of para-hydroxylation sites is 2. The predicted molar refractivity (Wildman–Crippen MR) is 127 cm³/mol. The molecular formula is C26H27N5O3. The van der Waals surface area contributed by atoms with Gasteiger partial charge in [0.2, 0.25) is 6.10 Å². The molecule has 1 N–H and O–H groups in total. The number of benzene rings is 2. The first-order valence-electron chi connectivity index (χ1n) is 11.2. The molecule has 1 atom stereocenters. The van der Waals surface area contributed by atoms with Crippen molar-refractivity contribution in [2.75, 3.05) is 6.61 Å². The first-order valence-corrected chi connectivity index (χ1v) is 11.2. The fourth-order valence-corrected chi connectivity index (χ4v) is 4.18. The summed E-state index contributed by atoms with van der Waals surface area (Å²) in [5.74, 6) is 1.85. The predicted octanol–water partition coefficient (Wildman–Crippen LogP) is 3.80. The molecule has 2 aromatic carbocycles. The number of hydrogen-bond acceptors (Lipinski definition) is 5. The summed E-state index contributed by atoms with van der Waals surface area (Å²) >= 11 is 0. The minimum atomic E-state index is -0.733. The van der Waals surface area contributed by atoms with E-state index >= 15 is 0 Å². The zero-order valence-corrected chi connectivity index (χ0v) is 19.5. The third-order valence-electron chi connectivity index (χ3n) is 6.14. The van der Waals surface area contributed by atoms with Crippen LogP contribution in [0.4, 0.5) is 0 Å². The van der Waals surface area contributed by atoms with Gasteiger partial charge in [0.05, 0.1) is 24.1 Å². The Bertz CT molecular complexity index is 1310. The van der Waals surface area contributed by atoms with Crippen molar-refractivity contribution in [3.8, 4) is 22.9 Å². The highest BCUT2D eigenvalue weighted by Gasteiger charge is 2.32. The molecule has 2 aromatic heterocycles. The number of hydrogen-bond donors (Lipinski definition) is 1. The van der Waals surface area contributed by atoms with Gasteiger partial charge >= 0.3 is 0 Å². The molecule has 0 radical (unpaired) electrons. The summed E-state index contributed by atoms with van der Waals surface area (Å²) in [5, 5.41) is 4.52. The van der Waals surface area contributed by atoms with Crippen LogP contribution in [-0.4, -0.2) is 43.3 Å². The molecule has 0 bridgehead atoms. The molecule has 0 spiro atoms. The van der Waals surface area contributed by atoms with Gasteiger partial charge in [0, 0.05) is 30.4 Å². The van der Waals surface area contributed by atoms with Crippen LogP contribution in [0.2, 0.25) is 0 Å². The van der Waals surface area contributed by atoms with Gasteiger partial charge in [-0.1, -0.05) is 42.5 Å². The number of ether oxygens (including phenoxy) is 2. The normalized spacial score (nSPS) is 14.7. The summed E-state index contributed by atoms with van der Waals surface area (Å²) in [6, 6.07) is 17.3. The second-order valence-corrected chi connectivity index (χ2v) is 8.45. The van der Waals surface area contributed by atoms with Gasteiger partial charge in [0.15, 0.2) is 11.5 Å². The van der Waals surface area contributed by atoms with Crippen LogP contribution in [0.25, 0.3) is 11.4 Å². The van der Waals surface area contributed by atoms with Gasteiger partial charge in [0.25, 0.3) is 5.91 Å². The molecule has 8 nitrogen and oxygen atoms in total. The summed E-state index contributed by atoms with van der Waals surface area (Å²) in [6.07, 6.45) is 1.04. The summed E-state index contributed by atoms with van der Waals surface area (Å²) in [5.41, 5.74) is 4.78. The molecule has 34 heavy (non-hydrogen) atoms. The molecule has 3 heterocycles. The third-order valence-corrected chi connectivity index (χ3v) is 6.14. The molecule has 0 saturated heterocycles. The number of nitrogens with one attached hydrogen (secondary N) is 1. The van der Waals surface area contributed by atoms with Crippen LogP contribution >= 0.6 is 0 Å². The number of rotatable bonds is 6. The lowest BCUT2D eigenvalue weighted by Gasteiger charge is -2.30. The highest BCUT2D eigenvalue weighted by molar-refractivity contribution is 5.82. The van der Waals surface area contributed by atoms with Crippen LogP contribution < -0.4 is 9.47 Å². The summed E-state index contributed by atoms with van der Waals surface area (Å²) < 4.78 is 13.7. The number of imidazole rings is 1. The molecule has 174 valence electrons. The fraction of sp³-hybridized carbons (Fsp3) is 0.269. The van der Waals surface area contributed by atoms with E-state index in [0.29, 0.717) is 24.6 Å². The van der Waals surface area contributed by atoms with Crippen molar-refractivity contribution in [1.29, 1.82) is 0 Å². The van der Waals surface area contributed by atoms with Crippen molar-refractivity contribution in [2.24, 2.45) is 7.05 Å². The number of aromatic nitrogens is 4. The molecule has 1 aliphatic rings. The highest BCUT2D eigenvalue weighted by Crippen LogP contribution is 2.31. The first kappa shape index (κ1) is 21.8. The largest absolute Gasteiger partial charge is 0.485 e. The Kier molecular flexibility index (Phi) is 5.79. The summed E-state index contributed by atoms with van der Waals surface area (Å²) in [7, 11) is 1.91. The smallest absolute Gasteiger partial charge is 0.267 e. The maximum atomic E-state index is 13.7. The van der Waals surface area contributed by atoms with Gasteiger partial charge in [-0.15, -0.1) is 0 Å². The van der Waals surface area contributed by atoms with E-state index in [1.807, 2.05) is 80.2 Å². The molecule has 0 saturated carbocycles. The van der Waals surface area contributed by atoms with Gasteiger partial charge in [-0.25, -0.2) is 4.98 Å². The summed E-state index contributed by atoms with van der Waals surface area (Å²) in [6.45, 7) is 4.90. The number of nitrogens with zero attached hydrogens (tertiary/aromatic N) is 4. The Morgan fingerprint density at radius 2 is 1.82 bits per heavy atom. The Morgan fingerprint density at radius 1 is 1.09 bits per heavy atom. The second kappa shape index (κ2) is 9.05. The van der Waals surface area contributed by atoms with Crippen molar-refractivity contribution in [2.45, 2.75) is 33.0 Å². The second-order valence-electron chi connectivity index (χ2n) is 8.45. The van der Waals surface area contributed by atoms with Crippen molar-refractivity contribution >= 4 is 5.91 Å². The zero-order valence-electron chi connectivity index (χ0n) is 19.5. The Labute approximate surface area is 198 Å². The van der Waals surface area contributed by atoms with Crippen molar-refractivity contribution in [3.05, 3.63) is 83.4 Å². The van der Waals surface area contributed by atoms with E-state index in [1.54, 1.807) is 11.1 Å². The van der Waals surface area contributed by atoms with Gasteiger partial charge in [0.1, 0.15) is 12.4 Å². The monoisotopic (exact) mass is 457 g/mol. The molecule has 8 heteroatoms. The van der Waals surface area contributed by atoms with E-state index in [0.717, 1.165) is 34.0 Å². The highest BCUT2D eigenvalue weighted by atomic mass is 16.6. The van der Waals surface area contributed by atoms with Crippen molar-refractivity contribution < 1.29 is 14.3 Å². The van der Waals surface area contributed by atoms with Crippen LogP contribution in [0, 0.1) is 13.8 Å². The number of aryl methyl sites for hydroxylation is 2. The number of H-pyrrole nitrogens is 1. The van der Waals surface area contributed by atoms with Gasteiger partial charge < -0.3 is 19.4 Å². The molecule has 1 amide bonds. The van der Waals surface area contributed by atoms with Gasteiger partial charge in [-0.3, -0.25) is 9.48 Å². The van der Waals surface area contributed by atoms with E-state index < -0.39 is 6.10 Å². The Balaban J connectivity index is 1.42. The zero-order chi connectivity index (χ0) is 23.7. The maximum Gasteiger partial charge on any atom is 0.267 e.